The molecule has 0 saturated carbocycles. The summed E-state index contributed by atoms with van der Waals surface area (Å²) in [7, 11) is 0. The minimum Gasteiger partial charge on any atom is -0.396 e. The van der Waals surface area contributed by atoms with Crippen LogP contribution in [0.4, 0.5) is 0 Å². The lowest BCUT2D eigenvalue weighted by Gasteiger charge is -2.11. The smallest absolute Gasteiger partial charge is 0.0589 e. The van der Waals surface area contributed by atoms with Crippen LogP contribution in [-0.4, -0.2) is 33.6 Å². The van der Waals surface area contributed by atoms with Gasteiger partial charge in [-0.15, -0.1) is 0 Å². The van der Waals surface area contributed by atoms with Gasteiger partial charge in [-0.2, -0.15) is 0 Å². The van der Waals surface area contributed by atoms with Gasteiger partial charge >= 0.3 is 0 Å². The fraction of sp³-hybridized carbons (Fsp3) is 1.00. The minimum atomic E-state index is -0.458. The molecule has 0 aliphatic carbocycles. The van der Waals surface area contributed by atoms with E-state index in [2.05, 4.69) is 6.92 Å². The zero-order valence-corrected chi connectivity index (χ0v) is 12.8. The molecule has 0 aromatic carbocycles. The molecule has 17 heavy (non-hydrogen) atoms. The monoisotopic (exact) mass is 250 g/mol. The van der Waals surface area contributed by atoms with Gasteiger partial charge < -0.3 is 15.3 Å². The number of hydrogen-bond acceptors (Lipinski definition) is 3. The first-order valence-corrected chi connectivity index (χ1v) is 6.61. The Morgan fingerprint density at radius 1 is 1.06 bits per heavy atom. The van der Waals surface area contributed by atoms with Gasteiger partial charge in [-0.05, 0) is 39.5 Å². The third-order valence-corrected chi connectivity index (χ3v) is 1.94. The molecule has 0 aromatic rings. The lowest BCUT2D eigenvalue weighted by atomic mass is 10.1. The molecule has 0 radical (unpaired) electrons. The van der Waals surface area contributed by atoms with E-state index in [0.29, 0.717) is 12.5 Å². The van der Waals surface area contributed by atoms with Crippen LogP contribution in [0.1, 0.15) is 67.7 Å². The first kappa shape index (κ1) is 22.1. The maximum Gasteiger partial charge on any atom is 0.0589 e. The molecule has 3 nitrogen and oxygen atoms in total. The summed E-state index contributed by atoms with van der Waals surface area (Å²) in [6, 6.07) is 0. The van der Waals surface area contributed by atoms with Crippen molar-refractivity contribution < 1.29 is 15.3 Å². The van der Waals surface area contributed by atoms with Crippen molar-refractivity contribution in [1.29, 1.82) is 0 Å². The highest BCUT2D eigenvalue weighted by atomic mass is 16.3. The summed E-state index contributed by atoms with van der Waals surface area (Å²) in [6.45, 7) is 13.7. The van der Waals surface area contributed by atoms with Crippen LogP contribution in [0, 0.1) is 5.92 Å². The maximum atomic E-state index is 8.83. The molecule has 0 heterocycles. The van der Waals surface area contributed by atoms with Crippen molar-refractivity contribution in [1.82, 2.24) is 0 Å². The first-order valence-electron chi connectivity index (χ1n) is 6.61. The van der Waals surface area contributed by atoms with Crippen LogP contribution in [0.2, 0.25) is 0 Å². The van der Waals surface area contributed by atoms with E-state index < -0.39 is 5.60 Å². The highest BCUT2D eigenvalue weighted by molar-refractivity contribution is 4.59. The van der Waals surface area contributed by atoms with E-state index in [0.717, 1.165) is 19.3 Å². The summed E-state index contributed by atoms with van der Waals surface area (Å²) in [4.78, 5) is 0. The van der Waals surface area contributed by atoms with Crippen LogP contribution in [0.5, 0.6) is 0 Å². The standard InChI is InChI=1S/2C5H12O.C4H10O/c1-4-5(2,3)6;1-3-4-5(2)6;1-4(2)3-5/h6H,4H2,1-3H3;5-6H,3-4H2,1-2H3;4-5H,3H2,1-2H3. The lowest BCUT2D eigenvalue weighted by Crippen LogP contribution is -2.15. The van der Waals surface area contributed by atoms with E-state index >= 15 is 0 Å². The Kier molecular flexibility index (Phi) is 18.1. The quantitative estimate of drug-likeness (QED) is 0.719. The Hall–Kier alpha value is -0.120. The van der Waals surface area contributed by atoms with Crippen molar-refractivity contribution in [3.8, 4) is 0 Å². The third kappa shape index (κ3) is 49.3. The molecule has 0 spiro atoms. The van der Waals surface area contributed by atoms with E-state index in [-0.39, 0.29) is 6.10 Å². The van der Waals surface area contributed by atoms with Crippen molar-refractivity contribution in [2.24, 2.45) is 5.92 Å². The predicted molar refractivity (Wildman–Crippen MR) is 75.1 cm³/mol. The van der Waals surface area contributed by atoms with Crippen molar-refractivity contribution in [2.45, 2.75) is 79.4 Å². The fourth-order valence-electron chi connectivity index (χ4n) is 0.418. The Labute approximate surface area is 108 Å². The molecule has 3 heteroatoms. The molecule has 0 saturated heterocycles. The van der Waals surface area contributed by atoms with Gasteiger partial charge in [0.15, 0.2) is 0 Å². The number of hydrogen-bond donors (Lipinski definition) is 3. The SMILES string of the molecule is CC(C)CO.CCC(C)(C)O.CCCC(C)O. The molecule has 0 aliphatic rings. The first-order chi connectivity index (χ1) is 7.60. The molecule has 108 valence electrons. The van der Waals surface area contributed by atoms with Crippen LogP contribution in [-0.2, 0) is 0 Å². The van der Waals surface area contributed by atoms with Crippen molar-refractivity contribution in [2.75, 3.05) is 6.61 Å². The van der Waals surface area contributed by atoms with Gasteiger partial charge in [-0.1, -0.05) is 34.1 Å². The van der Waals surface area contributed by atoms with E-state index in [9.17, 15) is 0 Å². The molecule has 0 aromatic heterocycles. The van der Waals surface area contributed by atoms with Crippen LogP contribution in [0.15, 0.2) is 0 Å². The molecule has 0 bridgehead atoms. The molecular formula is C14H34O3. The Morgan fingerprint density at radius 3 is 1.35 bits per heavy atom. The van der Waals surface area contributed by atoms with Crippen LogP contribution < -0.4 is 0 Å². The Morgan fingerprint density at radius 2 is 1.35 bits per heavy atom. The Bertz CT molecular complexity index is 126. The summed E-state index contributed by atoms with van der Waals surface area (Å²) in [6.07, 6.45) is 2.74. The zero-order chi connectivity index (χ0) is 14.5. The van der Waals surface area contributed by atoms with Crippen molar-refractivity contribution >= 4 is 0 Å². The number of aliphatic hydroxyl groups excluding tert-OH is 2. The van der Waals surface area contributed by atoms with Gasteiger partial charge in [0.2, 0.25) is 0 Å². The van der Waals surface area contributed by atoms with Crippen LogP contribution >= 0.6 is 0 Å². The van der Waals surface area contributed by atoms with Crippen LogP contribution in [0.3, 0.4) is 0 Å². The summed E-state index contributed by atoms with van der Waals surface area (Å²) in [5.74, 6) is 0.440. The average Bonchev–Trinajstić information content (AvgIpc) is 2.18. The van der Waals surface area contributed by atoms with Gasteiger partial charge in [0.05, 0.1) is 11.7 Å². The van der Waals surface area contributed by atoms with E-state index in [4.69, 9.17) is 15.3 Å². The maximum absolute atomic E-state index is 8.83. The second-order valence-corrected chi connectivity index (χ2v) is 5.38. The molecule has 0 rings (SSSR count). The molecule has 1 atom stereocenters. The van der Waals surface area contributed by atoms with Crippen LogP contribution in [0.25, 0.3) is 0 Å². The number of rotatable bonds is 4. The highest BCUT2D eigenvalue weighted by Crippen LogP contribution is 2.03. The van der Waals surface area contributed by atoms with E-state index in [1.807, 2.05) is 27.7 Å². The van der Waals surface area contributed by atoms with Gasteiger partial charge in [-0.3, -0.25) is 0 Å². The topological polar surface area (TPSA) is 60.7 Å². The second-order valence-electron chi connectivity index (χ2n) is 5.38. The molecule has 1 unspecified atom stereocenters. The van der Waals surface area contributed by atoms with Crippen molar-refractivity contribution in [3.63, 3.8) is 0 Å². The number of aliphatic hydroxyl groups is 3. The van der Waals surface area contributed by atoms with Gasteiger partial charge in [0, 0.05) is 6.61 Å². The van der Waals surface area contributed by atoms with Gasteiger partial charge in [0.1, 0.15) is 0 Å². The van der Waals surface area contributed by atoms with Gasteiger partial charge in [0.25, 0.3) is 0 Å². The summed E-state index contributed by atoms with van der Waals surface area (Å²) < 4.78 is 0. The molecule has 0 fully saturated rings. The Balaban J connectivity index is -0.000000174. The molecule has 0 amide bonds. The van der Waals surface area contributed by atoms with Gasteiger partial charge in [-0.25, -0.2) is 0 Å². The molecule has 3 N–H and O–H groups in total. The zero-order valence-electron chi connectivity index (χ0n) is 12.8. The van der Waals surface area contributed by atoms with Crippen molar-refractivity contribution in [3.05, 3.63) is 0 Å². The second kappa shape index (κ2) is 13.9. The largest absolute Gasteiger partial charge is 0.396 e. The minimum absolute atomic E-state index is 0.102. The summed E-state index contributed by atoms with van der Waals surface area (Å²) in [5.41, 5.74) is -0.458. The highest BCUT2D eigenvalue weighted by Gasteiger charge is 2.05. The normalized spacial score (nSPS) is 12.2. The lowest BCUT2D eigenvalue weighted by molar-refractivity contribution is 0.0765. The van der Waals surface area contributed by atoms with E-state index in [1.165, 1.54) is 0 Å². The molecule has 0 aliphatic heterocycles. The summed E-state index contributed by atoms with van der Waals surface area (Å²) in [5, 5.41) is 25.5. The molecular weight excluding hydrogens is 216 g/mol. The van der Waals surface area contributed by atoms with E-state index in [1.54, 1.807) is 13.8 Å². The predicted octanol–water partition coefficient (Wildman–Crippen LogP) is 2.97. The third-order valence-electron chi connectivity index (χ3n) is 1.94. The summed E-state index contributed by atoms with van der Waals surface area (Å²) >= 11 is 0. The fourth-order valence-corrected chi connectivity index (χ4v) is 0.418. The average molecular weight is 250 g/mol.